The van der Waals surface area contributed by atoms with Crippen LogP contribution in [0.15, 0.2) is 22.7 Å². The van der Waals surface area contributed by atoms with Crippen LogP contribution < -0.4 is 5.32 Å². The van der Waals surface area contributed by atoms with Gasteiger partial charge >= 0.3 is 0 Å². The van der Waals surface area contributed by atoms with E-state index in [1.807, 2.05) is 30.7 Å². The molecule has 1 aromatic heterocycles. The highest BCUT2D eigenvalue weighted by atomic mass is 79.9. The Morgan fingerprint density at radius 3 is 2.70 bits per heavy atom. The summed E-state index contributed by atoms with van der Waals surface area (Å²) in [6, 6.07) is 5.95. The van der Waals surface area contributed by atoms with Crippen molar-refractivity contribution in [2.75, 3.05) is 6.54 Å². The van der Waals surface area contributed by atoms with Crippen molar-refractivity contribution in [3.05, 3.63) is 44.6 Å². The van der Waals surface area contributed by atoms with E-state index < -0.39 is 0 Å². The predicted octanol–water partition coefficient (Wildman–Crippen LogP) is 4.40. The number of nitrogens with zero attached hydrogens (tertiary/aromatic N) is 2. The summed E-state index contributed by atoms with van der Waals surface area (Å²) < 4.78 is 3.00. The molecule has 20 heavy (non-hydrogen) atoms. The Morgan fingerprint density at radius 2 is 2.10 bits per heavy atom. The highest BCUT2D eigenvalue weighted by Gasteiger charge is 2.14. The summed E-state index contributed by atoms with van der Waals surface area (Å²) in [5, 5.41) is 8.77. The van der Waals surface area contributed by atoms with Crippen molar-refractivity contribution >= 4 is 27.5 Å². The van der Waals surface area contributed by atoms with E-state index in [9.17, 15) is 0 Å². The van der Waals surface area contributed by atoms with E-state index in [0.717, 1.165) is 51.6 Å². The minimum atomic E-state index is 0.749. The lowest BCUT2D eigenvalue weighted by Crippen LogP contribution is -2.16. The molecule has 2 aromatic rings. The summed E-state index contributed by atoms with van der Waals surface area (Å²) >= 11 is 9.94. The van der Waals surface area contributed by atoms with Gasteiger partial charge in [0.05, 0.1) is 21.5 Å². The first kappa shape index (κ1) is 15.5. The maximum absolute atomic E-state index is 6.36. The van der Waals surface area contributed by atoms with Crippen LogP contribution in [0, 0.1) is 13.8 Å². The number of nitrogens with one attached hydrogen (secondary N) is 1. The van der Waals surface area contributed by atoms with Gasteiger partial charge in [0.25, 0.3) is 0 Å². The molecule has 1 aromatic carbocycles. The van der Waals surface area contributed by atoms with Crippen LogP contribution in [-0.2, 0) is 6.54 Å². The molecule has 3 nitrogen and oxygen atoms in total. The fourth-order valence-corrected chi connectivity index (χ4v) is 2.65. The van der Waals surface area contributed by atoms with Gasteiger partial charge in [0.2, 0.25) is 0 Å². The SMILES string of the molecule is CCCNCc1c(Cl)cccc1-n1nc(C)c(Br)c1C. The third-order valence-corrected chi connectivity index (χ3v) is 4.76. The lowest BCUT2D eigenvalue weighted by Gasteiger charge is -2.13. The molecule has 5 heteroatoms. The zero-order valence-corrected chi connectivity index (χ0v) is 14.3. The average Bonchev–Trinajstić information content (AvgIpc) is 2.68. The molecule has 0 amide bonds. The number of aryl methyl sites for hydroxylation is 1. The lowest BCUT2D eigenvalue weighted by atomic mass is 10.1. The maximum atomic E-state index is 6.36. The Balaban J connectivity index is 2.45. The molecule has 0 atom stereocenters. The quantitative estimate of drug-likeness (QED) is 0.804. The molecule has 108 valence electrons. The van der Waals surface area contributed by atoms with Crippen molar-refractivity contribution in [2.45, 2.75) is 33.7 Å². The van der Waals surface area contributed by atoms with Gasteiger partial charge in [-0.3, -0.25) is 0 Å². The normalized spacial score (nSPS) is 11.1. The number of halogens is 2. The van der Waals surface area contributed by atoms with Crippen molar-refractivity contribution in [3.63, 3.8) is 0 Å². The number of benzene rings is 1. The summed E-state index contributed by atoms with van der Waals surface area (Å²) in [5.74, 6) is 0. The number of aromatic nitrogens is 2. The third kappa shape index (κ3) is 3.08. The van der Waals surface area contributed by atoms with E-state index in [1.165, 1.54) is 0 Å². The van der Waals surface area contributed by atoms with E-state index in [-0.39, 0.29) is 0 Å². The number of rotatable bonds is 5. The zero-order valence-electron chi connectivity index (χ0n) is 12.0. The molecule has 0 aliphatic heterocycles. The molecule has 0 fully saturated rings. The first-order chi connectivity index (χ1) is 9.56. The van der Waals surface area contributed by atoms with Crippen molar-refractivity contribution in [2.24, 2.45) is 0 Å². The predicted molar refractivity (Wildman–Crippen MR) is 87.7 cm³/mol. The Hall–Kier alpha value is -0.840. The van der Waals surface area contributed by atoms with E-state index >= 15 is 0 Å². The van der Waals surface area contributed by atoms with E-state index in [0.29, 0.717) is 0 Å². The fourth-order valence-electron chi connectivity index (χ4n) is 2.17. The highest BCUT2D eigenvalue weighted by molar-refractivity contribution is 9.10. The van der Waals surface area contributed by atoms with Crippen LogP contribution in [0.2, 0.25) is 5.02 Å². The number of hydrogen-bond donors (Lipinski definition) is 1. The lowest BCUT2D eigenvalue weighted by molar-refractivity contribution is 0.669. The van der Waals surface area contributed by atoms with Crippen LogP contribution in [0.1, 0.15) is 30.3 Å². The molecule has 1 N–H and O–H groups in total. The first-order valence-corrected chi connectivity index (χ1v) is 7.93. The van der Waals surface area contributed by atoms with Crippen molar-refractivity contribution in [1.29, 1.82) is 0 Å². The molecule has 0 aliphatic rings. The minimum absolute atomic E-state index is 0.749. The summed E-state index contributed by atoms with van der Waals surface area (Å²) in [6.07, 6.45) is 1.10. The van der Waals surface area contributed by atoms with E-state index in [4.69, 9.17) is 11.6 Å². The van der Waals surface area contributed by atoms with Gasteiger partial charge in [-0.15, -0.1) is 0 Å². The van der Waals surface area contributed by atoms with Crippen LogP contribution in [0.25, 0.3) is 5.69 Å². The van der Waals surface area contributed by atoms with Crippen LogP contribution >= 0.6 is 27.5 Å². The molecule has 0 saturated carbocycles. The molecular weight excluding hydrogens is 338 g/mol. The standard InChI is InChI=1S/C15H19BrClN3/c1-4-8-18-9-12-13(17)6-5-7-14(12)20-11(3)15(16)10(2)19-20/h5-7,18H,4,8-9H2,1-3H3. The molecule has 0 radical (unpaired) electrons. The van der Waals surface area contributed by atoms with Gasteiger partial charge in [-0.2, -0.15) is 5.10 Å². The Labute approximate surface area is 133 Å². The largest absolute Gasteiger partial charge is 0.313 e. The van der Waals surface area contributed by atoms with Gasteiger partial charge < -0.3 is 5.32 Å². The van der Waals surface area contributed by atoms with Crippen LogP contribution in [0.5, 0.6) is 0 Å². The topological polar surface area (TPSA) is 29.9 Å². The second-order valence-corrected chi connectivity index (χ2v) is 6.01. The fraction of sp³-hybridized carbons (Fsp3) is 0.400. The Kier molecular flexibility index (Phi) is 5.24. The molecular formula is C15H19BrClN3. The summed E-state index contributed by atoms with van der Waals surface area (Å²) in [5.41, 5.74) is 4.18. The summed E-state index contributed by atoms with van der Waals surface area (Å²) in [6.45, 7) is 7.92. The second kappa shape index (κ2) is 6.74. The van der Waals surface area contributed by atoms with Gasteiger partial charge in [-0.25, -0.2) is 4.68 Å². The van der Waals surface area contributed by atoms with Gasteiger partial charge in [0.15, 0.2) is 0 Å². The Morgan fingerprint density at radius 1 is 1.35 bits per heavy atom. The van der Waals surface area contributed by atoms with Crippen LogP contribution in [0.4, 0.5) is 0 Å². The van der Waals surface area contributed by atoms with Gasteiger partial charge in [0, 0.05) is 17.1 Å². The van der Waals surface area contributed by atoms with E-state index in [1.54, 1.807) is 0 Å². The summed E-state index contributed by atoms with van der Waals surface area (Å²) in [4.78, 5) is 0. The average molecular weight is 357 g/mol. The van der Waals surface area contributed by atoms with Crippen molar-refractivity contribution in [3.8, 4) is 5.69 Å². The third-order valence-electron chi connectivity index (χ3n) is 3.25. The second-order valence-electron chi connectivity index (χ2n) is 4.81. The molecule has 1 heterocycles. The first-order valence-electron chi connectivity index (χ1n) is 6.76. The smallest absolute Gasteiger partial charge is 0.0743 e. The number of hydrogen-bond acceptors (Lipinski definition) is 2. The van der Waals surface area contributed by atoms with Crippen LogP contribution in [0.3, 0.4) is 0 Å². The molecule has 0 unspecified atom stereocenters. The summed E-state index contributed by atoms with van der Waals surface area (Å²) in [7, 11) is 0. The molecule has 0 spiro atoms. The highest BCUT2D eigenvalue weighted by Crippen LogP contribution is 2.28. The molecule has 0 aliphatic carbocycles. The molecule has 0 saturated heterocycles. The van der Waals surface area contributed by atoms with Crippen molar-refractivity contribution < 1.29 is 0 Å². The Bertz CT molecular complexity index is 607. The minimum Gasteiger partial charge on any atom is -0.313 e. The van der Waals surface area contributed by atoms with Gasteiger partial charge in [-0.1, -0.05) is 24.6 Å². The van der Waals surface area contributed by atoms with E-state index in [2.05, 4.69) is 39.3 Å². The van der Waals surface area contributed by atoms with Crippen LogP contribution in [-0.4, -0.2) is 16.3 Å². The van der Waals surface area contributed by atoms with Gasteiger partial charge in [0.1, 0.15) is 0 Å². The zero-order chi connectivity index (χ0) is 14.7. The molecule has 0 bridgehead atoms. The monoisotopic (exact) mass is 355 g/mol. The van der Waals surface area contributed by atoms with Crippen molar-refractivity contribution in [1.82, 2.24) is 15.1 Å². The molecule has 2 rings (SSSR count). The van der Waals surface area contributed by atoms with Gasteiger partial charge in [-0.05, 0) is 54.9 Å². The maximum Gasteiger partial charge on any atom is 0.0743 e.